The molecule has 2 aliphatic heterocycles. The highest BCUT2D eigenvalue weighted by molar-refractivity contribution is 5.94. The van der Waals surface area contributed by atoms with E-state index in [0.717, 1.165) is 37.3 Å². The minimum Gasteiger partial charge on any atom is -0.481 e. The number of carboxylic acid groups (broad SMARTS) is 1. The minimum absolute atomic E-state index is 0.0455. The smallest absolute Gasteiger partial charge is 0.314 e. The Bertz CT molecular complexity index is 837. The molecule has 0 spiro atoms. The van der Waals surface area contributed by atoms with Crippen molar-refractivity contribution in [1.29, 1.82) is 0 Å². The summed E-state index contributed by atoms with van der Waals surface area (Å²) < 4.78 is 0. The number of anilines is 1. The first-order chi connectivity index (χ1) is 13.6. The minimum atomic E-state index is -0.844. The third-order valence-electron chi connectivity index (χ3n) is 6.06. The van der Waals surface area contributed by atoms with Crippen LogP contribution in [0.5, 0.6) is 0 Å². The highest BCUT2D eigenvalue weighted by Crippen LogP contribution is 2.37. The van der Waals surface area contributed by atoms with Crippen LogP contribution in [0.1, 0.15) is 41.6 Å². The molecule has 1 N–H and O–H groups in total. The molecule has 1 amide bonds. The molecule has 0 atom stereocenters. The van der Waals surface area contributed by atoms with Crippen molar-refractivity contribution in [2.24, 2.45) is 0 Å². The first-order valence-corrected chi connectivity index (χ1v) is 9.89. The molecular formula is C22H25N3O3. The molecule has 2 saturated heterocycles. The van der Waals surface area contributed by atoms with Crippen LogP contribution in [-0.4, -0.2) is 53.0 Å². The van der Waals surface area contributed by atoms with Crippen molar-refractivity contribution in [3.05, 3.63) is 59.8 Å². The molecule has 1 aromatic heterocycles. The lowest BCUT2D eigenvalue weighted by Crippen LogP contribution is -2.47. The van der Waals surface area contributed by atoms with Gasteiger partial charge in [0.2, 0.25) is 0 Å². The van der Waals surface area contributed by atoms with Gasteiger partial charge in [-0.2, -0.15) is 0 Å². The number of benzene rings is 1. The molecule has 3 heterocycles. The molecule has 0 unspecified atom stereocenters. The molecule has 2 fully saturated rings. The van der Waals surface area contributed by atoms with Gasteiger partial charge in [0.25, 0.3) is 5.91 Å². The number of aromatic nitrogens is 1. The molecule has 146 valence electrons. The van der Waals surface area contributed by atoms with Gasteiger partial charge in [-0.3, -0.25) is 9.59 Å². The van der Waals surface area contributed by atoms with Crippen LogP contribution < -0.4 is 4.90 Å². The Hall–Kier alpha value is -2.89. The van der Waals surface area contributed by atoms with Crippen molar-refractivity contribution in [3.63, 3.8) is 0 Å². The SMILES string of the molecule is O=C(c1ccc(N2CCC(C(=O)O)(c3ccccc3)CC2)nc1)N1CCCC1. The average molecular weight is 379 g/mol. The van der Waals surface area contributed by atoms with Crippen LogP contribution in [0.25, 0.3) is 0 Å². The number of carbonyl (C=O) groups excluding carboxylic acids is 1. The molecule has 0 bridgehead atoms. The fourth-order valence-corrected chi connectivity index (χ4v) is 4.30. The molecule has 6 heteroatoms. The number of nitrogens with zero attached hydrogens (tertiary/aromatic N) is 3. The van der Waals surface area contributed by atoms with E-state index in [1.807, 2.05) is 47.4 Å². The number of pyridine rings is 1. The standard InChI is InChI=1S/C22H25N3O3/c26-20(25-12-4-5-13-25)17-8-9-19(23-16-17)24-14-10-22(11-15-24,21(27)28)18-6-2-1-3-7-18/h1-3,6-9,16H,4-5,10-15H2,(H,27,28). The number of amides is 1. The maximum absolute atomic E-state index is 12.5. The highest BCUT2D eigenvalue weighted by atomic mass is 16.4. The predicted molar refractivity (Wildman–Crippen MR) is 107 cm³/mol. The number of hydrogen-bond donors (Lipinski definition) is 1. The maximum Gasteiger partial charge on any atom is 0.314 e. The Labute approximate surface area is 164 Å². The van der Waals surface area contributed by atoms with Gasteiger partial charge in [-0.05, 0) is 43.4 Å². The molecule has 6 nitrogen and oxygen atoms in total. The zero-order chi connectivity index (χ0) is 19.6. The summed E-state index contributed by atoms with van der Waals surface area (Å²) in [5.74, 6) is 0.0760. The van der Waals surface area contributed by atoms with E-state index in [1.165, 1.54) is 0 Å². The van der Waals surface area contributed by atoms with E-state index in [1.54, 1.807) is 6.20 Å². The summed E-state index contributed by atoms with van der Waals surface area (Å²) in [6.07, 6.45) is 4.84. The van der Waals surface area contributed by atoms with Gasteiger partial charge >= 0.3 is 5.97 Å². The van der Waals surface area contributed by atoms with Crippen molar-refractivity contribution < 1.29 is 14.7 Å². The third-order valence-corrected chi connectivity index (χ3v) is 6.06. The Morgan fingerprint density at radius 3 is 2.18 bits per heavy atom. The van der Waals surface area contributed by atoms with Gasteiger partial charge < -0.3 is 14.9 Å². The molecule has 28 heavy (non-hydrogen) atoms. The zero-order valence-electron chi connectivity index (χ0n) is 15.9. The van der Waals surface area contributed by atoms with Crippen LogP contribution in [0.2, 0.25) is 0 Å². The molecule has 0 saturated carbocycles. The van der Waals surface area contributed by atoms with Crippen LogP contribution in [-0.2, 0) is 10.2 Å². The van der Waals surface area contributed by atoms with Crippen LogP contribution in [0.15, 0.2) is 48.7 Å². The lowest BCUT2D eigenvalue weighted by atomic mass is 9.73. The number of rotatable bonds is 4. The Morgan fingerprint density at radius 1 is 0.929 bits per heavy atom. The van der Waals surface area contributed by atoms with Gasteiger partial charge in [0.1, 0.15) is 5.82 Å². The topological polar surface area (TPSA) is 73.7 Å². The van der Waals surface area contributed by atoms with Gasteiger partial charge in [-0.1, -0.05) is 30.3 Å². The molecule has 0 radical (unpaired) electrons. The second-order valence-electron chi connectivity index (χ2n) is 7.64. The second kappa shape index (κ2) is 7.62. The first kappa shape index (κ1) is 18.5. The molecule has 2 aromatic rings. The number of carboxylic acids is 1. The van der Waals surface area contributed by atoms with Gasteiger partial charge in [0.05, 0.1) is 11.0 Å². The quantitative estimate of drug-likeness (QED) is 0.884. The van der Waals surface area contributed by atoms with Crippen LogP contribution in [0.4, 0.5) is 5.82 Å². The third kappa shape index (κ3) is 3.35. The molecule has 1 aromatic carbocycles. The summed E-state index contributed by atoms with van der Waals surface area (Å²) in [7, 11) is 0. The van der Waals surface area contributed by atoms with Crippen LogP contribution >= 0.6 is 0 Å². The fourth-order valence-electron chi connectivity index (χ4n) is 4.30. The maximum atomic E-state index is 12.5. The normalized spacial score (nSPS) is 18.9. The van der Waals surface area contributed by atoms with Gasteiger partial charge in [-0.15, -0.1) is 0 Å². The predicted octanol–water partition coefficient (Wildman–Crippen LogP) is 2.94. The summed E-state index contributed by atoms with van der Waals surface area (Å²) in [5, 5.41) is 9.92. The zero-order valence-corrected chi connectivity index (χ0v) is 15.9. The summed E-state index contributed by atoms with van der Waals surface area (Å²) in [6.45, 7) is 2.88. The Morgan fingerprint density at radius 2 is 1.61 bits per heavy atom. The van der Waals surface area contributed by atoms with E-state index in [9.17, 15) is 14.7 Å². The van der Waals surface area contributed by atoms with Gasteiger partial charge in [0.15, 0.2) is 0 Å². The van der Waals surface area contributed by atoms with E-state index in [4.69, 9.17) is 0 Å². The number of aliphatic carboxylic acids is 1. The second-order valence-corrected chi connectivity index (χ2v) is 7.64. The van der Waals surface area contributed by atoms with Crippen LogP contribution in [0, 0.1) is 0 Å². The van der Waals surface area contributed by atoms with Crippen molar-refractivity contribution in [3.8, 4) is 0 Å². The van der Waals surface area contributed by atoms with Crippen molar-refractivity contribution in [1.82, 2.24) is 9.88 Å². The van der Waals surface area contributed by atoms with E-state index in [2.05, 4.69) is 9.88 Å². The molecule has 4 rings (SSSR count). The summed E-state index contributed by atoms with van der Waals surface area (Å²) in [4.78, 5) is 33.0. The number of likely N-dealkylation sites (tertiary alicyclic amines) is 1. The summed E-state index contributed by atoms with van der Waals surface area (Å²) in [6, 6.07) is 13.2. The van der Waals surface area contributed by atoms with Gasteiger partial charge in [-0.25, -0.2) is 4.98 Å². The number of carbonyl (C=O) groups is 2. The highest BCUT2D eigenvalue weighted by Gasteiger charge is 2.43. The molecule has 2 aliphatic rings. The lowest BCUT2D eigenvalue weighted by molar-refractivity contribution is -0.144. The van der Waals surface area contributed by atoms with E-state index >= 15 is 0 Å². The number of hydrogen-bond acceptors (Lipinski definition) is 4. The molecular weight excluding hydrogens is 354 g/mol. The lowest BCUT2D eigenvalue weighted by Gasteiger charge is -2.39. The Kier molecular flexibility index (Phi) is 5.03. The monoisotopic (exact) mass is 379 g/mol. The first-order valence-electron chi connectivity index (χ1n) is 9.89. The summed E-state index contributed by atoms with van der Waals surface area (Å²) >= 11 is 0. The van der Waals surface area contributed by atoms with Crippen molar-refractivity contribution in [2.75, 3.05) is 31.1 Å². The average Bonchev–Trinajstić information content (AvgIpc) is 3.29. The van der Waals surface area contributed by atoms with Crippen molar-refractivity contribution in [2.45, 2.75) is 31.1 Å². The van der Waals surface area contributed by atoms with Gasteiger partial charge in [0, 0.05) is 32.4 Å². The van der Waals surface area contributed by atoms with E-state index in [0.29, 0.717) is 31.5 Å². The number of piperidine rings is 1. The fraction of sp³-hybridized carbons (Fsp3) is 0.409. The largest absolute Gasteiger partial charge is 0.481 e. The Balaban J connectivity index is 1.46. The van der Waals surface area contributed by atoms with E-state index < -0.39 is 11.4 Å². The summed E-state index contributed by atoms with van der Waals surface area (Å²) in [5.41, 5.74) is 0.636. The molecule has 0 aliphatic carbocycles. The van der Waals surface area contributed by atoms with E-state index in [-0.39, 0.29) is 5.91 Å². The van der Waals surface area contributed by atoms with Crippen LogP contribution in [0.3, 0.4) is 0 Å². The van der Waals surface area contributed by atoms with Crippen molar-refractivity contribution >= 4 is 17.7 Å².